The molecule has 0 radical (unpaired) electrons. The second-order valence-electron chi connectivity index (χ2n) is 6.31. The van der Waals surface area contributed by atoms with Crippen molar-refractivity contribution in [2.24, 2.45) is 0 Å². The molecule has 154 valence electrons. The molecule has 29 heavy (non-hydrogen) atoms. The van der Waals surface area contributed by atoms with Gasteiger partial charge in [-0.1, -0.05) is 6.07 Å². The normalized spacial score (nSPS) is 13.8. The number of nitrogens with zero attached hydrogens (tertiary/aromatic N) is 3. The average Bonchev–Trinajstić information content (AvgIpc) is 2.77. The highest BCUT2D eigenvalue weighted by molar-refractivity contribution is 5.98. The number of carbonyl (C=O) groups is 2. The van der Waals surface area contributed by atoms with Crippen molar-refractivity contribution in [2.45, 2.75) is 0 Å². The van der Waals surface area contributed by atoms with Crippen LogP contribution in [0.2, 0.25) is 0 Å². The molecule has 1 aromatic carbocycles. The standard InChI is InChI=1S/C20H22FN3O5/c1-27-15-8-7-13(17(28-2)18(15)29-3)19(25)23-9-11-24(12-10-23)20(26)14-5-4-6-16(21)22-14/h4-8H,9-12H2,1-3H3. The lowest BCUT2D eigenvalue weighted by atomic mass is 10.1. The molecule has 0 bridgehead atoms. The van der Waals surface area contributed by atoms with Crippen molar-refractivity contribution < 1.29 is 28.2 Å². The molecule has 2 amide bonds. The van der Waals surface area contributed by atoms with Gasteiger partial charge in [0.05, 0.1) is 26.9 Å². The first-order valence-corrected chi connectivity index (χ1v) is 9.00. The quantitative estimate of drug-likeness (QED) is 0.709. The Balaban J connectivity index is 1.73. The summed E-state index contributed by atoms with van der Waals surface area (Å²) in [5.41, 5.74) is 0.392. The molecule has 0 spiro atoms. The molecule has 0 saturated carbocycles. The van der Waals surface area contributed by atoms with Gasteiger partial charge < -0.3 is 24.0 Å². The highest BCUT2D eigenvalue weighted by Gasteiger charge is 2.29. The van der Waals surface area contributed by atoms with E-state index in [0.717, 1.165) is 0 Å². The number of amides is 2. The number of pyridine rings is 1. The number of ether oxygens (including phenoxy) is 3. The summed E-state index contributed by atoms with van der Waals surface area (Å²) in [5.74, 6) is -0.214. The Labute approximate surface area is 167 Å². The number of piperazine rings is 1. The van der Waals surface area contributed by atoms with Crippen LogP contribution in [0.4, 0.5) is 4.39 Å². The van der Waals surface area contributed by atoms with Crippen LogP contribution in [0.15, 0.2) is 30.3 Å². The summed E-state index contributed by atoms with van der Waals surface area (Å²) in [7, 11) is 4.43. The van der Waals surface area contributed by atoms with Crippen molar-refractivity contribution in [3.8, 4) is 17.2 Å². The Morgan fingerprint density at radius 3 is 2.03 bits per heavy atom. The molecule has 1 aliphatic heterocycles. The minimum atomic E-state index is -0.704. The van der Waals surface area contributed by atoms with E-state index in [-0.39, 0.29) is 17.5 Å². The number of rotatable bonds is 5. The Morgan fingerprint density at radius 2 is 1.48 bits per heavy atom. The van der Waals surface area contributed by atoms with Crippen molar-refractivity contribution in [1.82, 2.24) is 14.8 Å². The minimum absolute atomic E-state index is 0.0475. The van der Waals surface area contributed by atoms with Gasteiger partial charge >= 0.3 is 0 Å². The number of hydrogen-bond donors (Lipinski definition) is 0. The van der Waals surface area contributed by atoms with E-state index in [9.17, 15) is 14.0 Å². The summed E-state index contributed by atoms with van der Waals surface area (Å²) in [6, 6.07) is 7.36. The third-order valence-electron chi connectivity index (χ3n) is 4.72. The maximum Gasteiger partial charge on any atom is 0.272 e. The molecule has 1 saturated heterocycles. The zero-order valence-electron chi connectivity index (χ0n) is 16.5. The lowest BCUT2D eigenvalue weighted by Gasteiger charge is -2.35. The molecule has 8 nitrogen and oxygen atoms in total. The fraction of sp³-hybridized carbons (Fsp3) is 0.350. The first-order chi connectivity index (χ1) is 14.0. The van der Waals surface area contributed by atoms with E-state index in [0.29, 0.717) is 49.0 Å². The molecular weight excluding hydrogens is 381 g/mol. The van der Waals surface area contributed by atoms with E-state index < -0.39 is 5.95 Å². The largest absolute Gasteiger partial charge is 0.493 e. The van der Waals surface area contributed by atoms with Crippen molar-refractivity contribution in [2.75, 3.05) is 47.5 Å². The monoisotopic (exact) mass is 403 g/mol. The van der Waals surface area contributed by atoms with E-state index in [4.69, 9.17) is 14.2 Å². The molecule has 1 aliphatic rings. The zero-order valence-corrected chi connectivity index (χ0v) is 16.5. The average molecular weight is 403 g/mol. The molecule has 1 aromatic heterocycles. The second-order valence-corrected chi connectivity index (χ2v) is 6.31. The van der Waals surface area contributed by atoms with Crippen molar-refractivity contribution in [3.05, 3.63) is 47.5 Å². The summed E-state index contributed by atoms with van der Waals surface area (Å²) in [4.78, 5) is 32.3. The van der Waals surface area contributed by atoms with Gasteiger partial charge in [-0.3, -0.25) is 9.59 Å². The molecule has 0 atom stereocenters. The maximum atomic E-state index is 13.3. The predicted octanol–water partition coefficient (Wildman–Crippen LogP) is 1.84. The van der Waals surface area contributed by atoms with E-state index in [1.165, 1.54) is 39.5 Å². The second kappa shape index (κ2) is 8.76. The summed E-state index contributed by atoms with van der Waals surface area (Å²) in [6.07, 6.45) is 0. The van der Waals surface area contributed by atoms with Crippen LogP contribution in [0, 0.1) is 5.95 Å². The summed E-state index contributed by atoms with van der Waals surface area (Å²) in [6.45, 7) is 1.30. The van der Waals surface area contributed by atoms with Gasteiger partial charge in [0.1, 0.15) is 5.69 Å². The molecule has 2 heterocycles. The smallest absolute Gasteiger partial charge is 0.272 e. The van der Waals surface area contributed by atoms with Gasteiger partial charge in [0, 0.05) is 26.2 Å². The highest BCUT2D eigenvalue weighted by atomic mass is 19.1. The Bertz CT molecular complexity index is 913. The molecule has 0 N–H and O–H groups in total. The fourth-order valence-electron chi connectivity index (χ4n) is 3.24. The van der Waals surface area contributed by atoms with Crippen LogP contribution in [-0.2, 0) is 0 Å². The van der Waals surface area contributed by atoms with Crippen LogP contribution in [-0.4, -0.2) is 74.1 Å². The predicted molar refractivity (Wildman–Crippen MR) is 102 cm³/mol. The molecule has 2 aromatic rings. The summed E-state index contributed by atoms with van der Waals surface area (Å²) < 4.78 is 29.2. The Morgan fingerprint density at radius 1 is 0.862 bits per heavy atom. The number of halogens is 1. The maximum absolute atomic E-state index is 13.3. The Hall–Kier alpha value is -3.36. The summed E-state index contributed by atoms with van der Waals surface area (Å²) >= 11 is 0. The van der Waals surface area contributed by atoms with Crippen LogP contribution in [0.1, 0.15) is 20.8 Å². The lowest BCUT2D eigenvalue weighted by molar-refractivity contribution is 0.0529. The molecule has 3 rings (SSSR count). The number of benzene rings is 1. The van der Waals surface area contributed by atoms with E-state index in [1.807, 2.05) is 0 Å². The van der Waals surface area contributed by atoms with Gasteiger partial charge in [0.15, 0.2) is 11.5 Å². The molecule has 0 aliphatic carbocycles. The number of methoxy groups -OCH3 is 3. The number of hydrogen-bond acceptors (Lipinski definition) is 6. The van der Waals surface area contributed by atoms with E-state index in [1.54, 1.807) is 21.9 Å². The first kappa shape index (κ1) is 20.4. The number of carbonyl (C=O) groups excluding carboxylic acids is 2. The van der Waals surface area contributed by atoms with Crippen LogP contribution >= 0.6 is 0 Å². The van der Waals surface area contributed by atoms with Gasteiger partial charge in [0.25, 0.3) is 11.8 Å². The summed E-state index contributed by atoms with van der Waals surface area (Å²) in [5, 5.41) is 0. The van der Waals surface area contributed by atoms with Gasteiger partial charge in [-0.25, -0.2) is 4.98 Å². The molecule has 0 unspecified atom stereocenters. The van der Waals surface area contributed by atoms with E-state index >= 15 is 0 Å². The van der Waals surface area contributed by atoms with Crippen molar-refractivity contribution >= 4 is 11.8 Å². The topological polar surface area (TPSA) is 81.2 Å². The first-order valence-electron chi connectivity index (χ1n) is 9.00. The third-order valence-corrected chi connectivity index (χ3v) is 4.72. The van der Waals surface area contributed by atoms with Crippen LogP contribution in [0.25, 0.3) is 0 Å². The highest BCUT2D eigenvalue weighted by Crippen LogP contribution is 2.40. The van der Waals surface area contributed by atoms with E-state index in [2.05, 4.69) is 4.98 Å². The minimum Gasteiger partial charge on any atom is -0.493 e. The molecule has 9 heteroatoms. The van der Waals surface area contributed by atoms with Crippen molar-refractivity contribution in [1.29, 1.82) is 0 Å². The van der Waals surface area contributed by atoms with Gasteiger partial charge in [0.2, 0.25) is 11.7 Å². The van der Waals surface area contributed by atoms with Crippen LogP contribution < -0.4 is 14.2 Å². The van der Waals surface area contributed by atoms with Gasteiger partial charge in [-0.15, -0.1) is 0 Å². The SMILES string of the molecule is COc1ccc(C(=O)N2CCN(C(=O)c3cccc(F)n3)CC2)c(OC)c1OC. The lowest BCUT2D eigenvalue weighted by Crippen LogP contribution is -2.50. The molecule has 1 fully saturated rings. The third kappa shape index (κ3) is 4.08. The number of aromatic nitrogens is 1. The van der Waals surface area contributed by atoms with Gasteiger partial charge in [-0.2, -0.15) is 4.39 Å². The van der Waals surface area contributed by atoms with Gasteiger partial charge in [-0.05, 0) is 24.3 Å². The van der Waals surface area contributed by atoms with Crippen LogP contribution in [0.3, 0.4) is 0 Å². The Kier molecular flexibility index (Phi) is 6.16. The van der Waals surface area contributed by atoms with Crippen LogP contribution in [0.5, 0.6) is 17.2 Å². The van der Waals surface area contributed by atoms with Crippen molar-refractivity contribution in [3.63, 3.8) is 0 Å². The fourth-order valence-corrected chi connectivity index (χ4v) is 3.24. The molecular formula is C20H22FN3O5. The zero-order chi connectivity index (χ0) is 21.0.